The minimum atomic E-state index is -5.64. The van der Waals surface area contributed by atoms with Crippen molar-refractivity contribution in [1.82, 2.24) is 0 Å². The van der Waals surface area contributed by atoms with Crippen molar-refractivity contribution >= 4 is 11.4 Å². The summed E-state index contributed by atoms with van der Waals surface area (Å²) in [6.07, 6.45) is -11.3. The molecule has 0 aliphatic rings. The average molecular weight is 362 g/mol. The van der Waals surface area contributed by atoms with Crippen LogP contribution in [0.5, 0.6) is 0 Å². The van der Waals surface area contributed by atoms with Gasteiger partial charge in [-0.1, -0.05) is 24.3 Å². The third-order valence-electron chi connectivity index (χ3n) is 4.27. The highest BCUT2D eigenvalue weighted by Gasteiger charge is 2.72. The van der Waals surface area contributed by atoms with Gasteiger partial charge in [0.25, 0.3) is 0 Å². The summed E-state index contributed by atoms with van der Waals surface area (Å²) in [7, 11) is 0. The fraction of sp³-hybridized carbons (Fsp3) is 0.294. The number of rotatable bonds is 2. The van der Waals surface area contributed by atoms with Gasteiger partial charge in [0.2, 0.25) is 5.41 Å². The van der Waals surface area contributed by atoms with E-state index in [2.05, 4.69) is 0 Å². The molecule has 0 fully saturated rings. The summed E-state index contributed by atoms with van der Waals surface area (Å²) in [6, 6.07) is 5.27. The molecule has 2 aromatic carbocycles. The van der Waals surface area contributed by atoms with E-state index in [0.29, 0.717) is 5.56 Å². The first-order chi connectivity index (χ1) is 11.3. The molecule has 2 aromatic rings. The van der Waals surface area contributed by atoms with Crippen LogP contribution in [0.4, 0.5) is 37.7 Å². The molecular formula is C17H16F6N2. The van der Waals surface area contributed by atoms with Gasteiger partial charge in [0.15, 0.2) is 0 Å². The van der Waals surface area contributed by atoms with E-state index in [9.17, 15) is 26.3 Å². The molecule has 0 amide bonds. The molecule has 0 atom stereocenters. The summed E-state index contributed by atoms with van der Waals surface area (Å²) in [5.41, 5.74) is 5.44. The number of hydrogen-bond acceptors (Lipinski definition) is 2. The van der Waals surface area contributed by atoms with Crippen LogP contribution in [0.1, 0.15) is 22.3 Å². The molecule has 0 saturated heterocycles. The van der Waals surface area contributed by atoms with Crippen molar-refractivity contribution in [3.8, 4) is 0 Å². The van der Waals surface area contributed by atoms with Gasteiger partial charge in [-0.3, -0.25) is 0 Å². The SMILES string of the molecule is Cc1cc(C(c2ccc(C)c(N)c2)(C(F)(F)F)C(F)(F)F)ccc1N. The maximum Gasteiger partial charge on any atom is 0.411 e. The highest BCUT2D eigenvalue weighted by Crippen LogP contribution is 2.56. The minimum absolute atomic E-state index is 0.102. The van der Waals surface area contributed by atoms with Gasteiger partial charge < -0.3 is 11.5 Å². The van der Waals surface area contributed by atoms with Crippen LogP contribution in [0.15, 0.2) is 36.4 Å². The number of hydrogen-bond donors (Lipinski definition) is 2. The lowest BCUT2D eigenvalue weighted by molar-refractivity contribution is -0.288. The Hall–Kier alpha value is -2.38. The first-order valence-electron chi connectivity index (χ1n) is 7.19. The molecule has 0 saturated carbocycles. The third kappa shape index (κ3) is 2.89. The van der Waals surface area contributed by atoms with Gasteiger partial charge in [-0.25, -0.2) is 0 Å². The molecule has 2 nitrogen and oxygen atoms in total. The van der Waals surface area contributed by atoms with Crippen molar-refractivity contribution in [3.05, 3.63) is 58.7 Å². The third-order valence-corrected chi connectivity index (χ3v) is 4.27. The highest BCUT2D eigenvalue weighted by molar-refractivity contribution is 5.57. The molecule has 136 valence electrons. The van der Waals surface area contributed by atoms with E-state index >= 15 is 0 Å². The largest absolute Gasteiger partial charge is 0.411 e. The zero-order chi connectivity index (χ0) is 19.2. The number of nitrogens with two attached hydrogens (primary N) is 2. The molecule has 0 aliphatic carbocycles. The zero-order valence-electron chi connectivity index (χ0n) is 13.4. The molecule has 0 aromatic heterocycles. The number of benzene rings is 2. The molecule has 0 heterocycles. The van der Waals surface area contributed by atoms with Gasteiger partial charge in [-0.05, 0) is 48.2 Å². The quantitative estimate of drug-likeness (QED) is 0.591. The molecule has 0 radical (unpaired) electrons. The Balaban J connectivity index is 2.96. The predicted molar refractivity (Wildman–Crippen MR) is 84.1 cm³/mol. The zero-order valence-corrected chi connectivity index (χ0v) is 13.4. The summed E-state index contributed by atoms with van der Waals surface area (Å²) in [6.45, 7) is 2.84. The molecule has 25 heavy (non-hydrogen) atoms. The van der Waals surface area contributed by atoms with E-state index in [4.69, 9.17) is 11.5 Å². The normalized spacial score (nSPS) is 13.1. The van der Waals surface area contributed by atoms with Crippen LogP contribution >= 0.6 is 0 Å². The molecule has 0 bridgehead atoms. The lowest BCUT2D eigenvalue weighted by Gasteiger charge is -2.38. The van der Waals surface area contributed by atoms with Crippen LogP contribution in [0.2, 0.25) is 0 Å². The number of halogens is 6. The lowest BCUT2D eigenvalue weighted by atomic mass is 9.72. The van der Waals surface area contributed by atoms with Crippen molar-refractivity contribution in [3.63, 3.8) is 0 Å². The van der Waals surface area contributed by atoms with Gasteiger partial charge in [0.05, 0.1) is 0 Å². The molecule has 4 N–H and O–H groups in total. The van der Waals surface area contributed by atoms with E-state index < -0.39 is 28.9 Å². The molecule has 0 aliphatic heterocycles. The van der Waals surface area contributed by atoms with Crippen LogP contribution in [-0.2, 0) is 5.41 Å². The molecular weight excluding hydrogens is 346 g/mol. The molecule has 8 heteroatoms. The van der Waals surface area contributed by atoms with Crippen molar-refractivity contribution < 1.29 is 26.3 Å². The maximum absolute atomic E-state index is 13.9. The smallest absolute Gasteiger partial charge is 0.399 e. The first-order valence-corrected chi connectivity index (χ1v) is 7.19. The summed E-state index contributed by atoms with van der Waals surface area (Å²) < 4.78 is 83.5. The summed E-state index contributed by atoms with van der Waals surface area (Å²) in [5, 5.41) is 0. The van der Waals surface area contributed by atoms with Gasteiger partial charge in [-0.15, -0.1) is 0 Å². The summed E-state index contributed by atoms with van der Waals surface area (Å²) in [4.78, 5) is 0. The van der Waals surface area contributed by atoms with Crippen LogP contribution in [0.25, 0.3) is 0 Å². The van der Waals surface area contributed by atoms with E-state index in [0.717, 1.165) is 36.4 Å². The van der Waals surface area contributed by atoms with E-state index in [-0.39, 0.29) is 16.9 Å². The Morgan fingerprint density at radius 2 is 1.12 bits per heavy atom. The van der Waals surface area contributed by atoms with Crippen LogP contribution in [-0.4, -0.2) is 12.4 Å². The van der Waals surface area contributed by atoms with Gasteiger partial charge >= 0.3 is 12.4 Å². The van der Waals surface area contributed by atoms with E-state index in [1.807, 2.05) is 0 Å². The number of aryl methyl sites for hydroxylation is 2. The Labute approximate surface area is 140 Å². The van der Waals surface area contributed by atoms with E-state index in [1.54, 1.807) is 0 Å². The highest BCUT2D eigenvalue weighted by atomic mass is 19.4. The van der Waals surface area contributed by atoms with Crippen molar-refractivity contribution in [2.75, 3.05) is 11.5 Å². The minimum Gasteiger partial charge on any atom is -0.399 e. The number of alkyl halides is 6. The second kappa shape index (κ2) is 5.86. The fourth-order valence-electron chi connectivity index (χ4n) is 2.76. The Kier molecular flexibility index (Phi) is 4.44. The average Bonchev–Trinajstić information content (AvgIpc) is 2.44. The van der Waals surface area contributed by atoms with Gasteiger partial charge in [-0.2, -0.15) is 26.3 Å². The summed E-state index contributed by atoms with van der Waals surface area (Å²) in [5.74, 6) is 0. The molecule has 0 spiro atoms. The fourth-order valence-corrected chi connectivity index (χ4v) is 2.76. The molecule has 0 unspecified atom stereocenters. The lowest BCUT2D eigenvalue weighted by Crippen LogP contribution is -2.54. The van der Waals surface area contributed by atoms with Crippen molar-refractivity contribution in [2.24, 2.45) is 0 Å². The summed E-state index contributed by atoms with van der Waals surface area (Å²) >= 11 is 0. The van der Waals surface area contributed by atoms with Crippen LogP contribution < -0.4 is 11.5 Å². The van der Waals surface area contributed by atoms with Crippen LogP contribution in [0.3, 0.4) is 0 Å². The molecule has 2 rings (SSSR count). The van der Waals surface area contributed by atoms with Crippen LogP contribution in [0, 0.1) is 13.8 Å². The van der Waals surface area contributed by atoms with Crippen molar-refractivity contribution in [1.29, 1.82) is 0 Å². The second-order valence-corrected chi connectivity index (χ2v) is 5.89. The standard InChI is InChI=1S/C17H16F6N2/c1-9-3-4-12(8-14(9)25)15(16(18,19)20,17(21,22)23)11-5-6-13(24)10(2)7-11/h3-8H,24-25H2,1-2H3. The number of anilines is 2. The maximum atomic E-state index is 13.9. The van der Waals surface area contributed by atoms with Gasteiger partial charge in [0.1, 0.15) is 0 Å². The monoisotopic (exact) mass is 362 g/mol. The predicted octanol–water partition coefficient (Wildman–Crippen LogP) is 4.88. The van der Waals surface area contributed by atoms with E-state index in [1.165, 1.54) is 13.8 Å². The van der Waals surface area contributed by atoms with Gasteiger partial charge in [0, 0.05) is 11.4 Å². The Bertz CT molecular complexity index is 725. The number of nitrogen functional groups attached to an aromatic ring is 2. The Morgan fingerprint density at radius 3 is 1.56 bits per heavy atom. The topological polar surface area (TPSA) is 52.0 Å². The first kappa shape index (κ1) is 19.0. The second-order valence-electron chi connectivity index (χ2n) is 5.89. The van der Waals surface area contributed by atoms with Crippen molar-refractivity contribution in [2.45, 2.75) is 31.6 Å². The Morgan fingerprint density at radius 1 is 0.640 bits per heavy atom.